The molecule has 1 heterocycles. The molecule has 1 aliphatic rings. The van der Waals surface area contributed by atoms with E-state index in [-0.39, 0.29) is 5.25 Å². The average Bonchev–Trinajstić information content (AvgIpc) is 3.23. The summed E-state index contributed by atoms with van der Waals surface area (Å²) >= 11 is 0. The number of anilines is 2. The molecule has 2 rings (SSSR count). The number of pyridine rings is 1. The van der Waals surface area contributed by atoms with Gasteiger partial charge in [0.2, 0.25) is 5.88 Å². The predicted octanol–water partition coefficient (Wildman–Crippen LogP) is 2.02. The Hall–Kier alpha value is -1.30. The van der Waals surface area contributed by atoms with Crippen LogP contribution >= 0.6 is 0 Å². The Morgan fingerprint density at radius 2 is 2.30 bits per heavy atom. The highest BCUT2D eigenvalue weighted by atomic mass is 32.2. The van der Waals surface area contributed by atoms with Crippen LogP contribution in [0.2, 0.25) is 0 Å². The standard InChI is InChI=1S/C14H23N3O2S/c1-10(20(2)18)7-8-16-13-6-5-12(15)14(17-13)19-9-11-3-4-11/h5-6,10-11H,3-4,7-9,15H2,1-2H3,(H,16,17). The second kappa shape index (κ2) is 6.92. The van der Waals surface area contributed by atoms with Crippen LogP contribution in [0.25, 0.3) is 0 Å². The molecule has 1 aliphatic carbocycles. The summed E-state index contributed by atoms with van der Waals surface area (Å²) in [4.78, 5) is 4.38. The largest absolute Gasteiger partial charge is 0.476 e. The van der Waals surface area contributed by atoms with Crippen LogP contribution in [0.15, 0.2) is 12.1 Å². The molecule has 112 valence electrons. The van der Waals surface area contributed by atoms with Crippen LogP contribution < -0.4 is 15.8 Å². The number of nitrogen functional groups attached to an aromatic ring is 1. The molecule has 3 N–H and O–H groups in total. The lowest BCUT2D eigenvalue weighted by Gasteiger charge is -2.12. The lowest BCUT2D eigenvalue weighted by molar-refractivity contribution is 0.290. The lowest BCUT2D eigenvalue weighted by Crippen LogP contribution is -2.15. The predicted molar refractivity (Wildman–Crippen MR) is 83.5 cm³/mol. The zero-order valence-corrected chi connectivity index (χ0v) is 12.9. The van der Waals surface area contributed by atoms with E-state index in [0.29, 0.717) is 24.1 Å². The Kier molecular flexibility index (Phi) is 5.23. The molecule has 20 heavy (non-hydrogen) atoms. The van der Waals surface area contributed by atoms with Crippen molar-refractivity contribution in [2.24, 2.45) is 5.92 Å². The SMILES string of the molecule is CC(CCNc1ccc(N)c(OCC2CC2)n1)S(C)=O. The van der Waals surface area contributed by atoms with Crippen molar-refractivity contribution in [1.29, 1.82) is 0 Å². The van der Waals surface area contributed by atoms with Gasteiger partial charge >= 0.3 is 0 Å². The maximum atomic E-state index is 11.3. The Bertz CT molecular complexity index is 477. The van der Waals surface area contributed by atoms with E-state index in [1.807, 2.05) is 13.0 Å². The van der Waals surface area contributed by atoms with Gasteiger partial charge in [-0.15, -0.1) is 0 Å². The van der Waals surface area contributed by atoms with E-state index >= 15 is 0 Å². The number of rotatable bonds is 8. The van der Waals surface area contributed by atoms with Crippen LogP contribution in [-0.4, -0.2) is 33.9 Å². The molecule has 0 spiro atoms. The lowest BCUT2D eigenvalue weighted by atomic mass is 10.3. The quantitative estimate of drug-likeness (QED) is 0.767. The van der Waals surface area contributed by atoms with E-state index < -0.39 is 10.8 Å². The summed E-state index contributed by atoms with van der Waals surface area (Å²) in [6.45, 7) is 3.42. The summed E-state index contributed by atoms with van der Waals surface area (Å²) in [6, 6.07) is 3.64. The summed E-state index contributed by atoms with van der Waals surface area (Å²) in [5, 5.41) is 3.40. The molecule has 0 amide bonds. The Balaban J connectivity index is 1.84. The van der Waals surface area contributed by atoms with Gasteiger partial charge in [-0.3, -0.25) is 4.21 Å². The molecule has 1 fully saturated rings. The fourth-order valence-corrected chi connectivity index (χ4v) is 2.17. The van der Waals surface area contributed by atoms with Crippen molar-refractivity contribution >= 4 is 22.3 Å². The van der Waals surface area contributed by atoms with Crippen molar-refractivity contribution in [3.05, 3.63) is 12.1 Å². The van der Waals surface area contributed by atoms with E-state index in [1.54, 1.807) is 12.3 Å². The molecule has 1 aromatic rings. The Morgan fingerprint density at radius 3 is 2.95 bits per heavy atom. The minimum Gasteiger partial charge on any atom is -0.476 e. The smallest absolute Gasteiger partial charge is 0.239 e. The van der Waals surface area contributed by atoms with Crippen LogP contribution in [0.3, 0.4) is 0 Å². The second-order valence-electron chi connectivity index (χ2n) is 5.37. The van der Waals surface area contributed by atoms with Gasteiger partial charge in [0.15, 0.2) is 0 Å². The number of hydrogen-bond acceptors (Lipinski definition) is 5. The van der Waals surface area contributed by atoms with Gasteiger partial charge in [0.05, 0.1) is 12.3 Å². The van der Waals surface area contributed by atoms with Crippen LogP contribution in [0.4, 0.5) is 11.5 Å². The third-order valence-electron chi connectivity index (χ3n) is 3.47. The molecule has 0 bridgehead atoms. The maximum absolute atomic E-state index is 11.3. The molecule has 6 heteroatoms. The normalized spacial score (nSPS) is 17.5. The highest BCUT2D eigenvalue weighted by Crippen LogP contribution is 2.30. The molecule has 0 aliphatic heterocycles. The number of hydrogen-bond donors (Lipinski definition) is 2. The second-order valence-corrected chi connectivity index (χ2v) is 7.17. The summed E-state index contributed by atoms with van der Waals surface area (Å²) in [5.74, 6) is 1.93. The third-order valence-corrected chi connectivity index (χ3v) is 4.83. The van der Waals surface area contributed by atoms with Gasteiger partial charge in [0.25, 0.3) is 0 Å². The molecule has 2 unspecified atom stereocenters. The Morgan fingerprint density at radius 1 is 1.55 bits per heavy atom. The Labute approximate surface area is 122 Å². The molecule has 0 saturated heterocycles. The zero-order valence-electron chi connectivity index (χ0n) is 12.1. The molecule has 1 aromatic heterocycles. The van der Waals surface area contributed by atoms with Crippen molar-refractivity contribution < 1.29 is 8.95 Å². The molecule has 0 radical (unpaired) electrons. The minimum absolute atomic E-state index is 0.182. The first-order valence-corrected chi connectivity index (χ1v) is 8.64. The van der Waals surface area contributed by atoms with Gasteiger partial charge in [-0.1, -0.05) is 6.92 Å². The van der Waals surface area contributed by atoms with Crippen LogP contribution in [0, 0.1) is 5.92 Å². The number of nitrogens with one attached hydrogen (secondary N) is 1. The van der Waals surface area contributed by atoms with Crippen molar-refractivity contribution in [2.45, 2.75) is 31.4 Å². The summed E-state index contributed by atoms with van der Waals surface area (Å²) in [7, 11) is -0.783. The molecular formula is C14H23N3O2S. The number of nitrogens with two attached hydrogens (primary N) is 1. The van der Waals surface area contributed by atoms with Crippen LogP contribution in [0.1, 0.15) is 26.2 Å². The molecular weight excluding hydrogens is 274 g/mol. The van der Waals surface area contributed by atoms with Crippen LogP contribution in [0.5, 0.6) is 5.88 Å². The van der Waals surface area contributed by atoms with Crippen molar-refractivity contribution in [3.63, 3.8) is 0 Å². The summed E-state index contributed by atoms with van der Waals surface area (Å²) in [6.07, 6.45) is 5.05. The van der Waals surface area contributed by atoms with E-state index in [0.717, 1.165) is 18.8 Å². The van der Waals surface area contributed by atoms with E-state index in [9.17, 15) is 4.21 Å². The summed E-state index contributed by atoms with van der Waals surface area (Å²) < 4.78 is 16.9. The molecule has 1 saturated carbocycles. The molecule has 5 nitrogen and oxygen atoms in total. The molecule has 2 atom stereocenters. The van der Waals surface area contributed by atoms with Crippen molar-refractivity contribution in [3.8, 4) is 5.88 Å². The van der Waals surface area contributed by atoms with E-state index in [2.05, 4.69) is 10.3 Å². The first kappa shape index (κ1) is 15.1. The fourth-order valence-electron chi connectivity index (χ4n) is 1.72. The first-order valence-electron chi connectivity index (χ1n) is 7.01. The monoisotopic (exact) mass is 297 g/mol. The van der Waals surface area contributed by atoms with E-state index in [4.69, 9.17) is 10.5 Å². The number of nitrogens with zero attached hydrogens (tertiary/aromatic N) is 1. The topological polar surface area (TPSA) is 77.2 Å². The molecule has 0 aromatic carbocycles. The highest BCUT2D eigenvalue weighted by molar-refractivity contribution is 7.84. The third kappa shape index (κ3) is 4.67. The van der Waals surface area contributed by atoms with E-state index in [1.165, 1.54) is 12.8 Å². The van der Waals surface area contributed by atoms with Gasteiger partial charge in [0.1, 0.15) is 5.82 Å². The minimum atomic E-state index is -0.783. The highest BCUT2D eigenvalue weighted by Gasteiger charge is 2.22. The zero-order chi connectivity index (χ0) is 14.5. The first-order chi connectivity index (χ1) is 9.56. The van der Waals surface area contributed by atoms with Gasteiger partial charge in [-0.25, -0.2) is 0 Å². The average molecular weight is 297 g/mol. The van der Waals surface area contributed by atoms with Gasteiger partial charge in [-0.2, -0.15) is 4.98 Å². The van der Waals surface area contributed by atoms with Gasteiger partial charge in [0, 0.05) is 28.9 Å². The van der Waals surface area contributed by atoms with Crippen molar-refractivity contribution in [1.82, 2.24) is 4.98 Å². The summed E-state index contributed by atoms with van der Waals surface area (Å²) in [5.41, 5.74) is 6.43. The number of aromatic nitrogens is 1. The number of ether oxygens (including phenoxy) is 1. The van der Waals surface area contributed by atoms with Gasteiger partial charge in [-0.05, 0) is 37.3 Å². The van der Waals surface area contributed by atoms with Crippen molar-refractivity contribution in [2.75, 3.05) is 30.5 Å². The van der Waals surface area contributed by atoms with Crippen LogP contribution in [-0.2, 0) is 10.8 Å². The fraction of sp³-hybridized carbons (Fsp3) is 0.643. The maximum Gasteiger partial charge on any atom is 0.239 e. The van der Waals surface area contributed by atoms with Gasteiger partial charge < -0.3 is 15.8 Å².